The van der Waals surface area contributed by atoms with Gasteiger partial charge >= 0.3 is 0 Å². The average Bonchev–Trinajstić information content (AvgIpc) is 2.49. The zero-order chi connectivity index (χ0) is 14.9. The molecule has 112 valence electrons. The van der Waals surface area contributed by atoms with Crippen LogP contribution in [-0.4, -0.2) is 34.4 Å². The van der Waals surface area contributed by atoms with Gasteiger partial charge in [0, 0.05) is 26.2 Å². The first-order chi connectivity index (χ1) is 10.3. The van der Waals surface area contributed by atoms with Crippen molar-refractivity contribution in [1.82, 2.24) is 4.90 Å². The molecule has 0 aliphatic heterocycles. The molecular weight excluding hydrogens is 262 g/mol. The normalized spacial score (nSPS) is 12.5. The molecule has 0 fully saturated rings. The van der Waals surface area contributed by atoms with E-state index >= 15 is 0 Å². The van der Waals surface area contributed by atoms with Crippen molar-refractivity contribution in [2.24, 2.45) is 0 Å². The lowest BCUT2D eigenvalue weighted by Gasteiger charge is -2.25. The maximum Gasteiger partial charge on any atom is 0.0689 e. The topological polar surface area (TPSA) is 43.7 Å². The summed E-state index contributed by atoms with van der Waals surface area (Å²) in [4.78, 5) is 2.21. The van der Waals surface area contributed by atoms with Crippen molar-refractivity contribution < 1.29 is 10.2 Å². The number of nitrogens with zero attached hydrogens (tertiary/aromatic N) is 1. The lowest BCUT2D eigenvalue weighted by Crippen LogP contribution is -2.32. The highest BCUT2D eigenvalue weighted by molar-refractivity contribution is 5.17. The summed E-state index contributed by atoms with van der Waals surface area (Å²) in [5.41, 5.74) is 2.45. The van der Waals surface area contributed by atoms with Gasteiger partial charge in [0.25, 0.3) is 0 Å². The standard InChI is InChI=1S/C18H23NO2/c20-12-11-18(21)15-19(13-16-7-3-1-4-8-16)14-17-9-5-2-6-10-17/h1-10,18,20-21H,11-15H2. The van der Waals surface area contributed by atoms with Crippen LogP contribution in [0.2, 0.25) is 0 Å². The van der Waals surface area contributed by atoms with E-state index in [4.69, 9.17) is 5.11 Å². The SMILES string of the molecule is OCCC(O)CN(Cc1ccccc1)Cc1ccccc1. The molecule has 1 atom stereocenters. The number of hydrogen-bond donors (Lipinski definition) is 2. The first-order valence-corrected chi connectivity index (χ1v) is 7.37. The fourth-order valence-electron chi connectivity index (χ4n) is 2.41. The van der Waals surface area contributed by atoms with Gasteiger partial charge in [0.1, 0.15) is 0 Å². The first-order valence-electron chi connectivity index (χ1n) is 7.37. The summed E-state index contributed by atoms with van der Waals surface area (Å²) in [5, 5.41) is 18.9. The second kappa shape index (κ2) is 8.57. The van der Waals surface area contributed by atoms with E-state index in [-0.39, 0.29) is 6.61 Å². The summed E-state index contributed by atoms with van der Waals surface area (Å²) in [6, 6.07) is 20.5. The maximum absolute atomic E-state index is 9.97. The molecule has 2 rings (SSSR count). The first kappa shape index (κ1) is 15.7. The third kappa shape index (κ3) is 5.68. The molecule has 0 heterocycles. The number of benzene rings is 2. The molecule has 21 heavy (non-hydrogen) atoms. The van der Waals surface area contributed by atoms with Crippen LogP contribution in [0.3, 0.4) is 0 Å². The summed E-state index contributed by atoms with van der Waals surface area (Å²) >= 11 is 0. The zero-order valence-corrected chi connectivity index (χ0v) is 12.2. The lowest BCUT2D eigenvalue weighted by molar-refractivity contribution is 0.0814. The van der Waals surface area contributed by atoms with Gasteiger partial charge in [-0.2, -0.15) is 0 Å². The van der Waals surface area contributed by atoms with E-state index in [1.165, 1.54) is 11.1 Å². The van der Waals surface area contributed by atoms with E-state index in [1.807, 2.05) is 36.4 Å². The van der Waals surface area contributed by atoms with E-state index in [2.05, 4.69) is 29.2 Å². The van der Waals surface area contributed by atoms with E-state index in [1.54, 1.807) is 0 Å². The van der Waals surface area contributed by atoms with Crippen molar-refractivity contribution in [1.29, 1.82) is 0 Å². The molecule has 0 saturated carbocycles. The number of hydrogen-bond acceptors (Lipinski definition) is 3. The predicted molar refractivity (Wildman–Crippen MR) is 84.7 cm³/mol. The van der Waals surface area contributed by atoms with Gasteiger partial charge in [0.05, 0.1) is 6.10 Å². The second-order valence-corrected chi connectivity index (χ2v) is 5.31. The molecule has 2 aromatic rings. The van der Waals surface area contributed by atoms with Gasteiger partial charge in [-0.3, -0.25) is 4.90 Å². The highest BCUT2D eigenvalue weighted by atomic mass is 16.3. The van der Waals surface area contributed by atoms with Crippen LogP contribution < -0.4 is 0 Å². The molecule has 3 heteroatoms. The highest BCUT2D eigenvalue weighted by Gasteiger charge is 2.12. The number of rotatable bonds is 8. The maximum atomic E-state index is 9.97. The van der Waals surface area contributed by atoms with Crippen molar-refractivity contribution in [2.75, 3.05) is 13.2 Å². The van der Waals surface area contributed by atoms with Crippen molar-refractivity contribution >= 4 is 0 Å². The Morgan fingerprint density at radius 2 is 1.29 bits per heavy atom. The highest BCUT2D eigenvalue weighted by Crippen LogP contribution is 2.11. The van der Waals surface area contributed by atoms with Crippen LogP contribution in [0.15, 0.2) is 60.7 Å². The molecule has 0 aromatic heterocycles. The summed E-state index contributed by atoms with van der Waals surface area (Å²) in [6.45, 7) is 2.16. The molecule has 1 unspecified atom stereocenters. The Balaban J connectivity index is 2.02. The molecule has 0 radical (unpaired) electrons. The Kier molecular flexibility index (Phi) is 6.41. The van der Waals surface area contributed by atoms with Gasteiger partial charge in [-0.1, -0.05) is 60.7 Å². The van der Waals surface area contributed by atoms with Crippen LogP contribution in [0.5, 0.6) is 0 Å². The van der Waals surface area contributed by atoms with Crippen molar-refractivity contribution in [3.63, 3.8) is 0 Å². The monoisotopic (exact) mass is 285 g/mol. The van der Waals surface area contributed by atoms with E-state index < -0.39 is 6.10 Å². The van der Waals surface area contributed by atoms with Gasteiger partial charge in [-0.15, -0.1) is 0 Å². The molecule has 0 saturated heterocycles. The van der Waals surface area contributed by atoms with Gasteiger partial charge in [-0.05, 0) is 17.5 Å². The van der Waals surface area contributed by atoms with Gasteiger partial charge < -0.3 is 10.2 Å². The Bertz CT molecular complexity index is 460. The smallest absolute Gasteiger partial charge is 0.0689 e. The van der Waals surface area contributed by atoms with Crippen molar-refractivity contribution in [3.8, 4) is 0 Å². The fraction of sp³-hybridized carbons (Fsp3) is 0.333. The Morgan fingerprint density at radius 1 is 0.810 bits per heavy atom. The second-order valence-electron chi connectivity index (χ2n) is 5.31. The zero-order valence-electron chi connectivity index (χ0n) is 12.2. The quantitative estimate of drug-likeness (QED) is 0.783. The molecule has 3 nitrogen and oxygen atoms in total. The summed E-state index contributed by atoms with van der Waals surface area (Å²) < 4.78 is 0. The molecule has 0 amide bonds. The Morgan fingerprint density at radius 3 is 1.71 bits per heavy atom. The largest absolute Gasteiger partial charge is 0.396 e. The van der Waals surface area contributed by atoms with E-state index in [0.29, 0.717) is 13.0 Å². The molecule has 2 N–H and O–H groups in total. The van der Waals surface area contributed by atoms with E-state index in [9.17, 15) is 5.11 Å². The summed E-state index contributed by atoms with van der Waals surface area (Å²) in [5.74, 6) is 0. The molecule has 0 bridgehead atoms. The van der Waals surface area contributed by atoms with Crippen molar-refractivity contribution in [2.45, 2.75) is 25.6 Å². The minimum Gasteiger partial charge on any atom is -0.396 e. The van der Waals surface area contributed by atoms with Crippen LogP contribution in [0, 0.1) is 0 Å². The van der Waals surface area contributed by atoms with E-state index in [0.717, 1.165) is 13.1 Å². The molecule has 0 spiro atoms. The lowest BCUT2D eigenvalue weighted by atomic mass is 10.1. The van der Waals surface area contributed by atoms with Gasteiger partial charge in [0.2, 0.25) is 0 Å². The number of aliphatic hydroxyl groups is 2. The third-order valence-electron chi connectivity index (χ3n) is 3.43. The van der Waals surface area contributed by atoms with Crippen LogP contribution in [0.4, 0.5) is 0 Å². The minimum absolute atomic E-state index is 0.0195. The van der Waals surface area contributed by atoms with Crippen LogP contribution in [0.25, 0.3) is 0 Å². The Labute approximate surface area is 126 Å². The van der Waals surface area contributed by atoms with Gasteiger partial charge in [0.15, 0.2) is 0 Å². The van der Waals surface area contributed by atoms with Crippen LogP contribution >= 0.6 is 0 Å². The minimum atomic E-state index is -0.498. The summed E-state index contributed by atoms with van der Waals surface area (Å²) in [6.07, 6.45) is -0.0810. The predicted octanol–water partition coefficient (Wildman–Crippen LogP) is 2.43. The molecule has 0 aliphatic rings. The average molecular weight is 285 g/mol. The van der Waals surface area contributed by atoms with Gasteiger partial charge in [-0.25, -0.2) is 0 Å². The molecule has 0 aliphatic carbocycles. The summed E-state index contributed by atoms with van der Waals surface area (Å²) in [7, 11) is 0. The Hall–Kier alpha value is -1.68. The van der Waals surface area contributed by atoms with Crippen LogP contribution in [0.1, 0.15) is 17.5 Å². The number of aliphatic hydroxyl groups excluding tert-OH is 2. The third-order valence-corrected chi connectivity index (χ3v) is 3.43. The van der Waals surface area contributed by atoms with Crippen LogP contribution in [-0.2, 0) is 13.1 Å². The molecule has 2 aromatic carbocycles. The van der Waals surface area contributed by atoms with Crippen molar-refractivity contribution in [3.05, 3.63) is 71.8 Å². The fourth-order valence-corrected chi connectivity index (χ4v) is 2.41. The molecular formula is C18H23NO2.